The molecule has 0 radical (unpaired) electrons. The van der Waals surface area contributed by atoms with Gasteiger partial charge in [0.1, 0.15) is 0 Å². The fourth-order valence-electron chi connectivity index (χ4n) is 1.49. The van der Waals surface area contributed by atoms with Gasteiger partial charge in [-0.25, -0.2) is 0 Å². The highest BCUT2D eigenvalue weighted by Gasteiger charge is 2.31. The van der Waals surface area contributed by atoms with Crippen LogP contribution in [0.25, 0.3) is 0 Å². The summed E-state index contributed by atoms with van der Waals surface area (Å²) in [6.07, 6.45) is -3.86. The van der Waals surface area contributed by atoms with Gasteiger partial charge in [-0.1, -0.05) is 0 Å². The summed E-state index contributed by atoms with van der Waals surface area (Å²) in [6.45, 7) is 3.30. The van der Waals surface area contributed by atoms with Crippen molar-refractivity contribution in [2.24, 2.45) is 0 Å². The molecule has 0 aliphatic rings. The van der Waals surface area contributed by atoms with Gasteiger partial charge in [0.25, 0.3) is 5.91 Å². The summed E-state index contributed by atoms with van der Waals surface area (Å²) in [5.74, 6) is -0.542. The molecule has 1 amide bonds. The predicted octanol–water partition coefficient (Wildman–Crippen LogP) is 3.62. The molecule has 0 spiro atoms. The Morgan fingerprint density at radius 3 is 2.70 bits per heavy atom. The molecule has 7 heteroatoms. The summed E-state index contributed by atoms with van der Waals surface area (Å²) in [7, 11) is 0. The van der Waals surface area contributed by atoms with Crippen LogP contribution in [0.1, 0.15) is 29.3 Å². The molecular formula is C13H15BrF3NO2. The third-order valence-electron chi connectivity index (χ3n) is 2.49. The number of carbonyl (C=O) groups is 1. The van der Waals surface area contributed by atoms with E-state index in [-0.39, 0.29) is 5.56 Å². The highest BCUT2D eigenvalue weighted by atomic mass is 79.9. The van der Waals surface area contributed by atoms with Gasteiger partial charge in [0.15, 0.2) is 0 Å². The van der Waals surface area contributed by atoms with Gasteiger partial charge in [-0.3, -0.25) is 4.79 Å². The smallest absolute Gasteiger partial charge is 0.382 e. The average Bonchev–Trinajstić information content (AvgIpc) is 2.37. The first kappa shape index (κ1) is 17.0. The van der Waals surface area contributed by atoms with E-state index >= 15 is 0 Å². The lowest BCUT2D eigenvalue weighted by Crippen LogP contribution is -2.26. The van der Waals surface area contributed by atoms with Gasteiger partial charge in [0, 0.05) is 24.2 Å². The number of nitrogens with one attached hydrogen (secondary N) is 1. The molecule has 1 aromatic rings. The molecule has 0 fully saturated rings. The van der Waals surface area contributed by atoms with Crippen LogP contribution in [0.3, 0.4) is 0 Å². The van der Waals surface area contributed by atoms with Crippen LogP contribution < -0.4 is 5.32 Å². The number of amides is 1. The van der Waals surface area contributed by atoms with Crippen molar-refractivity contribution in [3.63, 3.8) is 0 Å². The molecule has 112 valence electrons. The second kappa shape index (κ2) is 7.64. The summed E-state index contributed by atoms with van der Waals surface area (Å²) in [6, 6.07) is 2.98. The quantitative estimate of drug-likeness (QED) is 0.793. The number of hydrogen-bond donors (Lipinski definition) is 1. The first-order valence-corrected chi connectivity index (χ1v) is 6.88. The van der Waals surface area contributed by atoms with E-state index in [2.05, 4.69) is 21.2 Å². The van der Waals surface area contributed by atoms with Crippen LogP contribution in [0.4, 0.5) is 13.2 Å². The molecule has 0 saturated carbocycles. The van der Waals surface area contributed by atoms with E-state index in [9.17, 15) is 18.0 Å². The maximum Gasteiger partial charge on any atom is 0.416 e. The number of hydrogen-bond acceptors (Lipinski definition) is 2. The number of benzene rings is 1. The van der Waals surface area contributed by atoms with Gasteiger partial charge in [0.2, 0.25) is 0 Å². The van der Waals surface area contributed by atoms with Gasteiger partial charge < -0.3 is 10.1 Å². The Labute approximate surface area is 123 Å². The van der Waals surface area contributed by atoms with Gasteiger partial charge in [0.05, 0.1) is 11.1 Å². The zero-order valence-corrected chi connectivity index (χ0v) is 12.5. The number of ether oxygens (including phenoxy) is 1. The molecule has 0 aliphatic carbocycles. The second-order valence-corrected chi connectivity index (χ2v) is 4.85. The monoisotopic (exact) mass is 353 g/mol. The minimum Gasteiger partial charge on any atom is -0.382 e. The van der Waals surface area contributed by atoms with E-state index < -0.39 is 17.6 Å². The van der Waals surface area contributed by atoms with E-state index in [1.807, 2.05) is 6.92 Å². The SMILES string of the molecule is CCOCCCNC(=O)c1cc(C(F)(F)F)ccc1Br. The van der Waals surface area contributed by atoms with E-state index in [4.69, 9.17) is 4.74 Å². The Morgan fingerprint density at radius 1 is 1.40 bits per heavy atom. The molecule has 0 bridgehead atoms. The Balaban J connectivity index is 2.67. The first-order valence-electron chi connectivity index (χ1n) is 6.09. The zero-order valence-electron chi connectivity index (χ0n) is 10.9. The van der Waals surface area contributed by atoms with Crippen LogP contribution in [-0.4, -0.2) is 25.7 Å². The van der Waals surface area contributed by atoms with E-state index in [1.54, 1.807) is 0 Å². The Hall–Kier alpha value is -1.08. The van der Waals surface area contributed by atoms with E-state index in [0.717, 1.165) is 12.1 Å². The molecule has 3 nitrogen and oxygen atoms in total. The van der Waals surface area contributed by atoms with Gasteiger partial charge >= 0.3 is 6.18 Å². The lowest BCUT2D eigenvalue weighted by molar-refractivity contribution is -0.137. The summed E-state index contributed by atoms with van der Waals surface area (Å²) in [4.78, 5) is 11.8. The fraction of sp³-hybridized carbons (Fsp3) is 0.462. The van der Waals surface area contributed by atoms with Crippen molar-refractivity contribution in [1.29, 1.82) is 0 Å². The summed E-state index contributed by atoms with van der Waals surface area (Å²) >= 11 is 3.08. The maximum absolute atomic E-state index is 12.6. The maximum atomic E-state index is 12.6. The molecule has 1 N–H and O–H groups in total. The zero-order chi connectivity index (χ0) is 15.2. The first-order chi connectivity index (χ1) is 9.36. The summed E-state index contributed by atoms with van der Waals surface area (Å²) in [5.41, 5.74) is -0.878. The summed E-state index contributed by atoms with van der Waals surface area (Å²) in [5, 5.41) is 2.56. The van der Waals surface area contributed by atoms with Crippen molar-refractivity contribution in [2.45, 2.75) is 19.5 Å². The van der Waals surface area contributed by atoms with Crippen LogP contribution in [0.5, 0.6) is 0 Å². The van der Waals surface area contributed by atoms with Gasteiger partial charge in [-0.2, -0.15) is 13.2 Å². The standard InChI is InChI=1S/C13H15BrF3NO2/c1-2-20-7-3-6-18-12(19)10-8-9(13(15,16)17)4-5-11(10)14/h4-5,8H,2-3,6-7H2,1H3,(H,18,19). The molecule has 0 atom stereocenters. The van der Waals surface area contributed by atoms with Crippen molar-refractivity contribution < 1.29 is 22.7 Å². The number of rotatable bonds is 6. The highest BCUT2D eigenvalue weighted by molar-refractivity contribution is 9.10. The average molecular weight is 354 g/mol. The minimum absolute atomic E-state index is 0.0313. The number of carbonyl (C=O) groups excluding carboxylic acids is 1. The molecule has 1 rings (SSSR count). The van der Waals surface area contributed by atoms with Crippen molar-refractivity contribution in [1.82, 2.24) is 5.32 Å². The van der Waals surface area contributed by atoms with Crippen molar-refractivity contribution in [3.8, 4) is 0 Å². The van der Waals surface area contributed by atoms with E-state index in [1.165, 1.54) is 6.07 Å². The molecule has 20 heavy (non-hydrogen) atoms. The third kappa shape index (κ3) is 5.13. The van der Waals surface area contributed by atoms with E-state index in [0.29, 0.717) is 30.7 Å². The Kier molecular flexibility index (Phi) is 6.48. The molecule has 0 aliphatic heterocycles. The number of halogens is 4. The molecule has 0 aromatic heterocycles. The normalized spacial score (nSPS) is 11.4. The number of alkyl halides is 3. The van der Waals surface area contributed by atoms with Crippen LogP contribution >= 0.6 is 15.9 Å². The fourth-order valence-corrected chi connectivity index (χ4v) is 1.92. The van der Waals surface area contributed by atoms with Gasteiger partial charge in [-0.05, 0) is 47.5 Å². The third-order valence-corrected chi connectivity index (χ3v) is 3.18. The van der Waals surface area contributed by atoms with Crippen LogP contribution in [0.2, 0.25) is 0 Å². The molecular weight excluding hydrogens is 339 g/mol. The predicted molar refractivity (Wildman–Crippen MR) is 72.6 cm³/mol. The summed E-state index contributed by atoms with van der Waals surface area (Å²) < 4.78 is 43.2. The molecule has 1 aromatic carbocycles. The van der Waals surface area contributed by atoms with Crippen molar-refractivity contribution in [2.75, 3.05) is 19.8 Å². The van der Waals surface area contributed by atoms with Gasteiger partial charge in [-0.15, -0.1) is 0 Å². The largest absolute Gasteiger partial charge is 0.416 e. The van der Waals surface area contributed by atoms with Crippen LogP contribution in [0, 0.1) is 0 Å². The van der Waals surface area contributed by atoms with Crippen molar-refractivity contribution >= 4 is 21.8 Å². The Morgan fingerprint density at radius 2 is 2.10 bits per heavy atom. The lowest BCUT2D eigenvalue weighted by Gasteiger charge is -2.11. The Bertz CT molecular complexity index is 463. The molecule has 0 unspecified atom stereocenters. The van der Waals surface area contributed by atoms with Crippen molar-refractivity contribution in [3.05, 3.63) is 33.8 Å². The molecule has 0 heterocycles. The van der Waals surface area contributed by atoms with Crippen LogP contribution in [-0.2, 0) is 10.9 Å². The topological polar surface area (TPSA) is 38.3 Å². The second-order valence-electron chi connectivity index (χ2n) is 4.00. The minimum atomic E-state index is -4.47. The molecule has 0 saturated heterocycles. The highest BCUT2D eigenvalue weighted by Crippen LogP contribution is 2.31. The lowest BCUT2D eigenvalue weighted by atomic mass is 10.1. The van der Waals surface area contributed by atoms with Crippen LogP contribution in [0.15, 0.2) is 22.7 Å².